The highest BCUT2D eigenvalue weighted by Gasteiger charge is 2.37. The molecular weight excluding hydrogens is 248 g/mol. The number of hydrogen-bond donors (Lipinski definition) is 1. The maximum atomic E-state index is 12.7. The van der Waals surface area contributed by atoms with Crippen molar-refractivity contribution in [1.82, 2.24) is 10.2 Å². The van der Waals surface area contributed by atoms with E-state index in [0.717, 1.165) is 38.9 Å². The average molecular weight is 272 g/mol. The summed E-state index contributed by atoms with van der Waals surface area (Å²) in [6.07, 6.45) is 3.30. The Kier molecular flexibility index (Phi) is 4.06. The quantitative estimate of drug-likeness (QED) is 0.913. The first-order valence-electron chi connectivity index (χ1n) is 7.81. The Morgan fingerprint density at radius 1 is 1.30 bits per heavy atom. The van der Waals surface area contributed by atoms with E-state index >= 15 is 0 Å². The molecule has 2 saturated heterocycles. The molecule has 0 bridgehead atoms. The minimum atomic E-state index is 0.186. The van der Waals surface area contributed by atoms with Gasteiger partial charge in [0.1, 0.15) is 0 Å². The van der Waals surface area contributed by atoms with Gasteiger partial charge in [-0.15, -0.1) is 0 Å². The van der Waals surface area contributed by atoms with Gasteiger partial charge in [-0.2, -0.15) is 0 Å². The van der Waals surface area contributed by atoms with Crippen molar-refractivity contribution in [3.05, 3.63) is 35.9 Å². The second kappa shape index (κ2) is 5.96. The first-order chi connectivity index (χ1) is 9.75. The minimum absolute atomic E-state index is 0.186. The van der Waals surface area contributed by atoms with Gasteiger partial charge in [0.05, 0.1) is 5.92 Å². The van der Waals surface area contributed by atoms with Crippen LogP contribution in [0.2, 0.25) is 0 Å². The Morgan fingerprint density at radius 3 is 2.80 bits per heavy atom. The highest BCUT2D eigenvalue weighted by molar-refractivity contribution is 5.80. The lowest BCUT2D eigenvalue weighted by Gasteiger charge is -2.28. The molecule has 1 amide bonds. The summed E-state index contributed by atoms with van der Waals surface area (Å²) in [5.74, 6) is 1.03. The average Bonchev–Trinajstić information content (AvgIpc) is 3.08. The Bertz CT molecular complexity index is 459. The van der Waals surface area contributed by atoms with Gasteiger partial charge in [0.25, 0.3) is 0 Å². The third-order valence-corrected chi connectivity index (χ3v) is 4.81. The standard InChI is InChI=1S/C17H24N2O/c1-13-11-18-12-16(13)17(20)19-9-5-8-15(19)10-14-6-3-2-4-7-14/h2-4,6-7,13,15-16,18H,5,8-12H2,1H3. The molecule has 3 rings (SSSR count). The molecule has 1 N–H and O–H groups in total. The first-order valence-corrected chi connectivity index (χ1v) is 7.81. The van der Waals surface area contributed by atoms with E-state index in [2.05, 4.69) is 41.4 Å². The van der Waals surface area contributed by atoms with Crippen LogP contribution in [0.5, 0.6) is 0 Å². The largest absolute Gasteiger partial charge is 0.339 e. The van der Waals surface area contributed by atoms with Crippen LogP contribution in [0.15, 0.2) is 30.3 Å². The summed E-state index contributed by atoms with van der Waals surface area (Å²) < 4.78 is 0. The normalized spacial score (nSPS) is 29.9. The third-order valence-electron chi connectivity index (χ3n) is 4.81. The van der Waals surface area contributed by atoms with Gasteiger partial charge in [-0.1, -0.05) is 37.3 Å². The van der Waals surface area contributed by atoms with E-state index < -0.39 is 0 Å². The fraction of sp³-hybridized carbons (Fsp3) is 0.588. The molecule has 3 nitrogen and oxygen atoms in total. The molecule has 20 heavy (non-hydrogen) atoms. The fourth-order valence-electron chi connectivity index (χ4n) is 3.58. The van der Waals surface area contributed by atoms with Crippen LogP contribution < -0.4 is 5.32 Å². The number of likely N-dealkylation sites (tertiary alicyclic amines) is 1. The zero-order chi connectivity index (χ0) is 13.9. The Balaban J connectivity index is 1.67. The topological polar surface area (TPSA) is 32.3 Å². The number of hydrogen-bond acceptors (Lipinski definition) is 2. The number of amides is 1. The third kappa shape index (κ3) is 2.73. The lowest BCUT2D eigenvalue weighted by atomic mass is 9.95. The molecular formula is C17H24N2O. The van der Waals surface area contributed by atoms with Crippen molar-refractivity contribution >= 4 is 5.91 Å². The van der Waals surface area contributed by atoms with Crippen LogP contribution in [0.1, 0.15) is 25.3 Å². The molecule has 3 unspecified atom stereocenters. The number of carbonyl (C=O) groups is 1. The van der Waals surface area contributed by atoms with Gasteiger partial charge in [0.2, 0.25) is 5.91 Å². The lowest BCUT2D eigenvalue weighted by Crippen LogP contribution is -2.42. The zero-order valence-electron chi connectivity index (χ0n) is 12.2. The van der Waals surface area contributed by atoms with Crippen LogP contribution in [-0.4, -0.2) is 36.5 Å². The smallest absolute Gasteiger partial charge is 0.227 e. The molecule has 108 valence electrons. The van der Waals surface area contributed by atoms with Crippen molar-refractivity contribution < 1.29 is 4.79 Å². The van der Waals surface area contributed by atoms with Crippen molar-refractivity contribution in [3.8, 4) is 0 Å². The van der Waals surface area contributed by atoms with Crippen LogP contribution in [0.4, 0.5) is 0 Å². The molecule has 3 atom stereocenters. The minimum Gasteiger partial charge on any atom is -0.339 e. The Hall–Kier alpha value is -1.35. The summed E-state index contributed by atoms with van der Waals surface area (Å²) in [6.45, 7) is 4.96. The molecule has 2 heterocycles. The number of carbonyl (C=O) groups excluding carboxylic acids is 1. The van der Waals surface area contributed by atoms with Crippen molar-refractivity contribution in [2.75, 3.05) is 19.6 Å². The fourth-order valence-corrected chi connectivity index (χ4v) is 3.58. The van der Waals surface area contributed by atoms with Gasteiger partial charge in [-0.3, -0.25) is 4.79 Å². The van der Waals surface area contributed by atoms with Crippen molar-refractivity contribution in [3.63, 3.8) is 0 Å². The highest BCUT2D eigenvalue weighted by atomic mass is 16.2. The van der Waals surface area contributed by atoms with Crippen molar-refractivity contribution in [2.45, 2.75) is 32.2 Å². The maximum Gasteiger partial charge on any atom is 0.227 e. The molecule has 3 heteroatoms. The summed E-state index contributed by atoms with van der Waals surface area (Å²) in [5, 5.41) is 3.34. The second-order valence-electron chi connectivity index (χ2n) is 6.26. The lowest BCUT2D eigenvalue weighted by molar-refractivity contribution is -0.136. The summed E-state index contributed by atoms with van der Waals surface area (Å²) in [4.78, 5) is 14.9. The molecule has 0 radical (unpaired) electrons. The van der Waals surface area contributed by atoms with E-state index in [1.165, 1.54) is 5.56 Å². The molecule has 0 saturated carbocycles. The number of nitrogens with zero attached hydrogens (tertiary/aromatic N) is 1. The molecule has 0 aromatic heterocycles. The summed E-state index contributed by atoms with van der Waals surface area (Å²) in [6, 6.07) is 10.9. The first kappa shape index (κ1) is 13.6. The monoisotopic (exact) mass is 272 g/mol. The van der Waals surface area contributed by atoms with Crippen LogP contribution in [0.25, 0.3) is 0 Å². The number of benzene rings is 1. The van der Waals surface area contributed by atoms with Gasteiger partial charge in [-0.05, 0) is 37.3 Å². The molecule has 2 fully saturated rings. The molecule has 0 spiro atoms. The van der Waals surface area contributed by atoms with Gasteiger partial charge < -0.3 is 10.2 Å². The van der Waals surface area contributed by atoms with Crippen LogP contribution in [0, 0.1) is 11.8 Å². The number of rotatable bonds is 3. The van der Waals surface area contributed by atoms with E-state index in [9.17, 15) is 4.79 Å². The summed E-state index contributed by atoms with van der Waals surface area (Å²) in [5.41, 5.74) is 1.34. The van der Waals surface area contributed by atoms with E-state index in [-0.39, 0.29) is 5.92 Å². The van der Waals surface area contributed by atoms with Gasteiger partial charge in [0, 0.05) is 19.1 Å². The van der Waals surface area contributed by atoms with E-state index in [1.807, 2.05) is 6.07 Å². The number of nitrogens with one attached hydrogen (secondary N) is 1. The molecule has 2 aliphatic heterocycles. The van der Waals surface area contributed by atoms with Crippen molar-refractivity contribution in [2.24, 2.45) is 11.8 Å². The van der Waals surface area contributed by atoms with Gasteiger partial charge in [-0.25, -0.2) is 0 Å². The summed E-state index contributed by atoms with van der Waals surface area (Å²) in [7, 11) is 0. The van der Waals surface area contributed by atoms with Crippen LogP contribution in [0.3, 0.4) is 0 Å². The summed E-state index contributed by atoms with van der Waals surface area (Å²) >= 11 is 0. The predicted octanol–water partition coefficient (Wildman–Crippen LogP) is 2.08. The predicted molar refractivity (Wildman–Crippen MR) is 80.4 cm³/mol. The van der Waals surface area contributed by atoms with Gasteiger partial charge >= 0.3 is 0 Å². The molecule has 1 aromatic rings. The van der Waals surface area contributed by atoms with Crippen LogP contribution in [-0.2, 0) is 11.2 Å². The highest BCUT2D eigenvalue weighted by Crippen LogP contribution is 2.26. The molecule has 2 aliphatic rings. The molecule has 1 aromatic carbocycles. The van der Waals surface area contributed by atoms with Gasteiger partial charge in [0.15, 0.2) is 0 Å². The Morgan fingerprint density at radius 2 is 2.10 bits per heavy atom. The van der Waals surface area contributed by atoms with E-state index in [4.69, 9.17) is 0 Å². The van der Waals surface area contributed by atoms with E-state index in [1.54, 1.807) is 0 Å². The van der Waals surface area contributed by atoms with E-state index in [0.29, 0.717) is 17.9 Å². The zero-order valence-corrected chi connectivity index (χ0v) is 12.2. The van der Waals surface area contributed by atoms with Crippen molar-refractivity contribution in [1.29, 1.82) is 0 Å². The maximum absolute atomic E-state index is 12.7. The van der Waals surface area contributed by atoms with Crippen LogP contribution >= 0.6 is 0 Å². The molecule has 0 aliphatic carbocycles. The Labute approximate surface area is 121 Å². The SMILES string of the molecule is CC1CNCC1C(=O)N1CCCC1Cc1ccccc1. The second-order valence-corrected chi connectivity index (χ2v) is 6.26.